The predicted molar refractivity (Wildman–Crippen MR) is 82.4 cm³/mol. The number of carbonyl (C=O) groups excluding carboxylic acids is 2. The Bertz CT molecular complexity index is 658. The van der Waals surface area contributed by atoms with Gasteiger partial charge in [-0.05, 0) is 40.5 Å². The van der Waals surface area contributed by atoms with Crippen LogP contribution in [0.25, 0.3) is 0 Å². The average Bonchev–Trinajstić information content (AvgIpc) is 2.48. The minimum absolute atomic E-state index is 0.210. The summed E-state index contributed by atoms with van der Waals surface area (Å²) < 4.78 is 0.764. The minimum atomic E-state index is -1.30. The molecule has 0 radical (unpaired) electrons. The van der Waals surface area contributed by atoms with Crippen molar-refractivity contribution in [3.05, 3.63) is 64.4 Å². The molecular weight excluding hydrogens is 334 g/mol. The molecule has 0 aliphatic rings. The van der Waals surface area contributed by atoms with Crippen LogP contribution in [-0.2, 0) is 10.3 Å². The first-order valence-electron chi connectivity index (χ1n) is 6.23. The van der Waals surface area contributed by atoms with Gasteiger partial charge in [-0.1, -0.05) is 30.3 Å². The molecule has 0 fully saturated rings. The van der Waals surface area contributed by atoms with E-state index in [9.17, 15) is 9.59 Å². The lowest BCUT2D eigenvalue weighted by molar-refractivity contribution is -0.123. The number of nitrogens with zero attached hydrogens (tertiary/aromatic N) is 1. The maximum atomic E-state index is 12.3. The fraction of sp³-hybridized carbons (Fsp3) is 0.133. The number of aromatic nitrogens is 1. The van der Waals surface area contributed by atoms with E-state index in [1.54, 1.807) is 43.3 Å². The molecule has 0 bridgehead atoms. The second-order valence-electron chi connectivity index (χ2n) is 4.67. The number of carbonyl (C=O) groups is 2. The van der Waals surface area contributed by atoms with Crippen LogP contribution < -0.4 is 11.1 Å². The van der Waals surface area contributed by atoms with Crippen molar-refractivity contribution >= 4 is 27.7 Å². The molecule has 1 unspecified atom stereocenters. The number of nitrogens with one attached hydrogen (secondary N) is 1. The predicted octanol–water partition coefficient (Wildman–Crippen LogP) is 1.97. The molecule has 0 spiro atoms. The number of pyridine rings is 1. The summed E-state index contributed by atoms with van der Waals surface area (Å²) in [5.74, 6) is -1.10. The van der Waals surface area contributed by atoms with E-state index >= 15 is 0 Å². The summed E-state index contributed by atoms with van der Waals surface area (Å²) in [6, 6.07) is 12.1. The average molecular weight is 348 g/mol. The second-order valence-corrected chi connectivity index (χ2v) is 5.59. The van der Waals surface area contributed by atoms with Gasteiger partial charge in [0.2, 0.25) is 5.91 Å². The lowest BCUT2D eigenvalue weighted by atomic mass is 9.91. The number of hydrogen-bond donors (Lipinski definition) is 2. The highest BCUT2D eigenvalue weighted by molar-refractivity contribution is 9.10. The Morgan fingerprint density at radius 1 is 1.19 bits per heavy atom. The molecule has 0 aliphatic heterocycles. The summed E-state index contributed by atoms with van der Waals surface area (Å²) in [4.78, 5) is 28.1. The van der Waals surface area contributed by atoms with Crippen LogP contribution in [0.3, 0.4) is 0 Å². The van der Waals surface area contributed by atoms with E-state index in [2.05, 4.69) is 26.2 Å². The van der Waals surface area contributed by atoms with Crippen molar-refractivity contribution in [2.24, 2.45) is 5.73 Å². The van der Waals surface area contributed by atoms with Crippen molar-refractivity contribution in [1.29, 1.82) is 0 Å². The summed E-state index contributed by atoms with van der Waals surface area (Å²) in [7, 11) is 0. The van der Waals surface area contributed by atoms with Gasteiger partial charge in [-0.15, -0.1) is 0 Å². The van der Waals surface area contributed by atoms with E-state index in [1.807, 2.05) is 6.07 Å². The zero-order chi connectivity index (χ0) is 15.5. The standard InChI is InChI=1S/C15H14BrN3O2/c1-15(14(17)21,10-5-3-2-4-6-10)19-13(20)12-8-7-11(16)9-18-12/h2-9H,1H3,(H2,17,21)(H,19,20). The molecule has 2 amide bonds. The zero-order valence-electron chi connectivity index (χ0n) is 11.3. The van der Waals surface area contributed by atoms with Gasteiger partial charge >= 0.3 is 0 Å². The molecule has 1 heterocycles. The first-order chi connectivity index (χ1) is 9.93. The lowest BCUT2D eigenvalue weighted by Crippen LogP contribution is -2.52. The number of rotatable bonds is 4. The molecule has 2 rings (SSSR count). The number of amides is 2. The first-order valence-corrected chi connectivity index (χ1v) is 7.02. The Labute approximate surface area is 130 Å². The van der Waals surface area contributed by atoms with Crippen LogP contribution in [0, 0.1) is 0 Å². The van der Waals surface area contributed by atoms with E-state index < -0.39 is 17.4 Å². The highest BCUT2D eigenvalue weighted by atomic mass is 79.9. The lowest BCUT2D eigenvalue weighted by Gasteiger charge is -2.27. The molecule has 1 aromatic carbocycles. The van der Waals surface area contributed by atoms with E-state index in [-0.39, 0.29) is 5.69 Å². The van der Waals surface area contributed by atoms with Crippen molar-refractivity contribution in [3.63, 3.8) is 0 Å². The van der Waals surface area contributed by atoms with E-state index in [0.29, 0.717) is 5.56 Å². The Hall–Kier alpha value is -2.21. The molecule has 3 N–H and O–H groups in total. The molecule has 6 heteroatoms. The smallest absolute Gasteiger partial charge is 0.270 e. The summed E-state index contributed by atoms with van der Waals surface area (Å²) in [5, 5.41) is 2.65. The molecule has 108 valence electrons. The number of primary amides is 1. The Morgan fingerprint density at radius 2 is 1.86 bits per heavy atom. The summed E-state index contributed by atoms with van der Waals surface area (Å²) in [6.45, 7) is 1.57. The van der Waals surface area contributed by atoms with Gasteiger partial charge in [0.25, 0.3) is 5.91 Å². The molecule has 2 aromatic rings. The fourth-order valence-corrected chi connectivity index (χ4v) is 2.08. The van der Waals surface area contributed by atoms with Crippen LogP contribution in [0.15, 0.2) is 53.1 Å². The highest BCUT2D eigenvalue weighted by Crippen LogP contribution is 2.20. The van der Waals surface area contributed by atoms with Crippen LogP contribution in [0.2, 0.25) is 0 Å². The monoisotopic (exact) mass is 347 g/mol. The molecule has 5 nitrogen and oxygen atoms in total. The van der Waals surface area contributed by atoms with Crippen LogP contribution >= 0.6 is 15.9 Å². The van der Waals surface area contributed by atoms with Crippen LogP contribution in [0.5, 0.6) is 0 Å². The topological polar surface area (TPSA) is 85.1 Å². The maximum absolute atomic E-state index is 12.3. The van der Waals surface area contributed by atoms with Gasteiger partial charge < -0.3 is 11.1 Å². The van der Waals surface area contributed by atoms with Gasteiger partial charge in [-0.2, -0.15) is 0 Å². The molecule has 1 atom stereocenters. The third kappa shape index (κ3) is 3.28. The minimum Gasteiger partial charge on any atom is -0.367 e. The molecule has 0 saturated carbocycles. The van der Waals surface area contributed by atoms with Crippen LogP contribution in [-0.4, -0.2) is 16.8 Å². The molecule has 21 heavy (non-hydrogen) atoms. The normalized spacial score (nSPS) is 13.2. The van der Waals surface area contributed by atoms with Gasteiger partial charge in [0.1, 0.15) is 11.2 Å². The Morgan fingerprint density at radius 3 is 2.38 bits per heavy atom. The fourth-order valence-electron chi connectivity index (χ4n) is 1.85. The van der Waals surface area contributed by atoms with Crippen molar-refractivity contribution < 1.29 is 9.59 Å². The van der Waals surface area contributed by atoms with E-state index in [4.69, 9.17) is 5.73 Å². The Kier molecular flexibility index (Phi) is 4.37. The Balaban J connectivity index is 2.31. The summed E-state index contributed by atoms with van der Waals surface area (Å²) in [5.41, 5.74) is 5.00. The highest BCUT2D eigenvalue weighted by Gasteiger charge is 2.35. The number of halogens is 1. The van der Waals surface area contributed by atoms with E-state index in [1.165, 1.54) is 6.20 Å². The SMILES string of the molecule is CC(NC(=O)c1ccc(Br)cn1)(C(N)=O)c1ccccc1. The molecule has 1 aromatic heterocycles. The van der Waals surface area contributed by atoms with Gasteiger partial charge in [-0.3, -0.25) is 9.59 Å². The van der Waals surface area contributed by atoms with Gasteiger partial charge in [-0.25, -0.2) is 4.98 Å². The number of nitrogens with two attached hydrogens (primary N) is 1. The zero-order valence-corrected chi connectivity index (χ0v) is 12.9. The molecular formula is C15H14BrN3O2. The van der Waals surface area contributed by atoms with Crippen molar-refractivity contribution in [2.75, 3.05) is 0 Å². The van der Waals surface area contributed by atoms with Crippen LogP contribution in [0.1, 0.15) is 23.0 Å². The van der Waals surface area contributed by atoms with Gasteiger partial charge in [0.15, 0.2) is 0 Å². The van der Waals surface area contributed by atoms with Crippen molar-refractivity contribution in [1.82, 2.24) is 10.3 Å². The van der Waals surface area contributed by atoms with Crippen molar-refractivity contribution in [2.45, 2.75) is 12.5 Å². The maximum Gasteiger partial charge on any atom is 0.270 e. The summed E-state index contributed by atoms with van der Waals surface area (Å²) in [6.07, 6.45) is 1.51. The molecule has 0 aliphatic carbocycles. The number of hydrogen-bond acceptors (Lipinski definition) is 3. The largest absolute Gasteiger partial charge is 0.367 e. The van der Waals surface area contributed by atoms with Gasteiger partial charge in [0, 0.05) is 10.7 Å². The number of benzene rings is 1. The molecule has 0 saturated heterocycles. The third-order valence-electron chi connectivity index (χ3n) is 3.17. The first kappa shape index (κ1) is 15.2. The quantitative estimate of drug-likeness (QED) is 0.886. The van der Waals surface area contributed by atoms with Gasteiger partial charge in [0.05, 0.1) is 0 Å². The van der Waals surface area contributed by atoms with E-state index in [0.717, 1.165) is 4.47 Å². The third-order valence-corrected chi connectivity index (χ3v) is 3.64. The van der Waals surface area contributed by atoms with Crippen LogP contribution in [0.4, 0.5) is 0 Å². The second kappa shape index (κ2) is 6.05. The summed E-state index contributed by atoms with van der Waals surface area (Å²) >= 11 is 3.25. The van der Waals surface area contributed by atoms with Crippen molar-refractivity contribution in [3.8, 4) is 0 Å².